The monoisotopic (exact) mass is 218 g/mol. The minimum absolute atomic E-state index is 0.307. The summed E-state index contributed by atoms with van der Waals surface area (Å²) in [5, 5.41) is -0.252. The van der Waals surface area contributed by atoms with Gasteiger partial charge in [-0.3, -0.25) is 4.79 Å². The highest BCUT2D eigenvalue weighted by atomic mass is 35.5. The molecule has 0 aromatic heterocycles. The van der Waals surface area contributed by atoms with E-state index in [0.29, 0.717) is 16.3 Å². The molecule has 0 spiro atoms. The molecule has 13 heavy (non-hydrogen) atoms. The van der Waals surface area contributed by atoms with Gasteiger partial charge in [-0.15, -0.1) is 0 Å². The van der Waals surface area contributed by atoms with Gasteiger partial charge in [0, 0.05) is 0 Å². The van der Waals surface area contributed by atoms with Crippen molar-refractivity contribution in [2.75, 3.05) is 7.11 Å². The third-order valence-electron chi connectivity index (χ3n) is 1.70. The van der Waals surface area contributed by atoms with E-state index in [1.165, 1.54) is 0 Å². The lowest BCUT2D eigenvalue weighted by Gasteiger charge is -2.06. The number of aryl methyl sites for hydroxylation is 1. The van der Waals surface area contributed by atoms with Crippen molar-refractivity contribution in [1.29, 1.82) is 0 Å². The molecular formula is C9H8Cl2O2. The summed E-state index contributed by atoms with van der Waals surface area (Å²) in [6, 6.07) is 3.18. The van der Waals surface area contributed by atoms with Crippen LogP contribution in [0.1, 0.15) is 15.9 Å². The summed E-state index contributed by atoms with van der Waals surface area (Å²) < 4.78 is 5.02. The Morgan fingerprint density at radius 2 is 2.08 bits per heavy atom. The predicted molar refractivity (Wildman–Crippen MR) is 52.9 cm³/mol. The van der Waals surface area contributed by atoms with Gasteiger partial charge in [-0.25, -0.2) is 0 Å². The van der Waals surface area contributed by atoms with Gasteiger partial charge in [0.1, 0.15) is 5.75 Å². The van der Waals surface area contributed by atoms with Crippen LogP contribution in [0.25, 0.3) is 0 Å². The van der Waals surface area contributed by atoms with E-state index in [1.807, 2.05) is 6.92 Å². The van der Waals surface area contributed by atoms with E-state index in [1.54, 1.807) is 19.2 Å². The smallest absolute Gasteiger partial charge is 0.253 e. The Morgan fingerprint density at radius 3 is 2.54 bits per heavy atom. The van der Waals surface area contributed by atoms with Crippen LogP contribution in [-0.4, -0.2) is 12.4 Å². The summed E-state index contributed by atoms with van der Waals surface area (Å²) in [6.07, 6.45) is 0. The summed E-state index contributed by atoms with van der Waals surface area (Å²) in [5.74, 6) is 0.645. The number of carbonyl (C=O) groups excluding carboxylic acids is 1. The fourth-order valence-corrected chi connectivity index (χ4v) is 1.48. The predicted octanol–water partition coefficient (Wildman–Crippen LogP) is 3.04. The number of hydrogen-bond donors (Lipinski definition) is 0. The van der Waals surface area contributed by atoms with E-state index in [9.17, 15) is 4.79 Å². The molecule has 2 nitrogen and oxygen atoms in total. The number of rotatable bonds is 2. The molecule has 0 atom stereocenters. The van der Waals surface area contributed by atoms with Gasteiger partial charge in [0.2, 0.25) is 0 Å². The zero-order valence-electron chi connectivity index (χ0n) is 7.23. The Bertz CT molecular complexity index is 348. The number of methoxy groups -OCH3 is 1. The molecule has 0 saturated carbocycles. The first kappa shape index (κ1) is 10.4. The molecular weight excluding hydrogens is 211 g/mol. The molecule has 1 aromatic carbocycles. The molecule has 0 aliphatic rings. The van der Waals surface area contributed by atoms with Crippen molar-refractivity contribution < 1.29 is 9.53 Å². The second kappa shape index (κ2) is 3.99. The summed E-state index contributed by atoms with van der Waals surface area (Å²) in [7, 11) is 1.54. The third-order valence-corrected chi connectivity index (χ3v) is 2.21. The van der Waals surface area contributed by atoms with E-state index < -0.39 is 5.24 Å². The van der Waals surface area contributed by atoms with Crippen LogP contribution in [-0.2, 0) is 0 Å². The Balaban J connectivity index is 3.28. The summed E-state index contributed by atoms with van der Waals surface area (Å²) >= 11 is 11.1. The molecule has 0 saturated heterocycles. The van der Waals surface area contributed by atoms with Gasteiger partial charge in [0.15, 0.2) is 0 Å². The lowest BCUT2D eigenvalue weighted by molar-refractivity contribution is 0.108. The highest BCUT2D eigenvalue weighted by Gasteiger charge is 2.10. The molecule has 0 bridgehead atoms. The van der Waals surface area contributed by atoms with E-state index in [2.05, 4.69) is 0 Å². The number of ether oxygens (including phenoxy) is 1. The van der Waals surface area contributed by atoms with Gasteiger partial charge in [0.05, 0.1) is 17.7 Å². The Morgan fingerprint density at radius 1 is 1.46 bits per heavy atom. The average molecular weight is 219 g/mol. The van der Waals surface area contributed by atoms with Gasteiger partial charge >= 0.3 is 0 Å². The first-order valence-corrected chi connectivity index (χ1v) is 4.36. The van der Waals surface area contributed by atoms with Gasteiger partial charge in [-0.05, 0) is 36.2 Å². The van der Waals surface area contributed by atoms with Crippen LogP contribution in [0.15, 0.2) is 12.1 Å². The molecule has 1 aromatic rings. The lowest BCUT2D eigenvalue weighted by Crippen LogP contribution is -1.94. The van der Waals surface area contributed by atoms with E-state index >= 15 is 0 Å². The van der Waals surface area contributed by atoms with Crippen LogP contribution in [0.2, 0.25) is 5.02 Å². The van der Waals surface area contributed by atoms with Crippen molar-refractivity contribution in [3.63, 3.8) is 0 Å². The van der Waals surface area contributed by atoms with Crippen LogP contribution in [0.4, 0.5) is 0 Å². The van der Waals surface area contributed by atoms with Crippen molar-refractivity contribution in [2.24, 2.45) is 0 Å². The third kappa shape index (κ3) is 2.14. The first-order valence-electron chi connectivity index (χ1n) is 3.60. The molecule has 4 heteroatoms. The maximum absolute atomic E-state index is 10.9. The van der Waals surface area contributed by atoms with Crippen LogP contribution in [0.5, 0.6) is 5.75 Å². The Kier molecular flexibility index (Phi) is 3.17. The molecule has 0 N–H and O–H groups in total. The van der Waals surface area contributed by atoms with Crippen LogP contribution in [0.3, 0.4) is 0 Å². The molecule has 0 fully saturated rings. The molecule has 0 aliphatic carbocycles. The Hall–Kier alpha value is -0.730. The average Bonchev–Trinajstić information content (AvgIpc) is 2.07. The molecule has 70 valence electrons. The topological polar surface area (TPSA) is 26.3 Å². The molecule has 0 amide bonds. The SMILES string of the molecule is COc1cc(Cl)c(C(=O)Cl)cc1C. The standard InChI is InChI=1S/C9H8Cl2O2/c1-5-3-6(9(11)12)7(10)4-8(5)13-2/h3-4H,1-2H3. The number of halogens is 2. The summed E-state index contributed by atoms with van der Waals surface area (Å²) in [4.78, 5) is 10.9. The van der Waals surface area contributed by atoms with Crippen molar-refractivity contribution in [3.05, 3.63) is 28.3 Å². The van der Waals surface area contributed by atoms with E-state index in [4.69, 9.17) is 27.9 Å². The maximum atomic E-state index is 10.9. The Labute approximate surface area is 86.4 Å². The second-order valence-corrected chi connectivity index (χ2v) is 3.33. The van der Waals surface area contributed by atoms with E-state index in [0.717, 1.165) is 5.56 Å². The van der Waals surface area contributed by atoms with Crippen LogP contribution in [0, 0.1) is 6.92 Å². The van der Waals surface area contributed by atoms with Crippen LogP contribution >= 0.6 is 23.2 Å². The zero-order valence-corrected chi connectivity index (χ0v) is 8.74. The number of hydrogen-bond acceptors (Lipinski definition) is 2. The minimum atomic E-state index is -0.559. The fraction of sp³-hybridized carbons (Fsp3) is 0.222. The van der Waals surface area contributed by atoms with Crippen molar-refractivity contribution in [3.8, 4) is 5.75 Å². The highest BCUT2D eigenvalue weighted by Crippen LogP contribution is 2.27. The quantitative estimate of drug-likeness (QED) is 0.714. The minimum Gasteiger partial charge on any atom is -0.496 e. The van der Waals surface area contributed by atoms with Crippen molar-refractivity contribution in [2.45, 2.75) is 6.92 Å². The lowest BCUT2D eigenvalue weighted by atomic mass is 10.1. The van der Waals surface area contributed by atoms with Gasteiger partial charge < -0.3 is 4.74 Å². The van der Waals surface area contributed by atoms with E-state index in [-0.39, 0.29) is 0 Å². The number of benzene rings is 1. The molecule has 0 unspecified atom stereocenters. The molecule has 1 rings (SSSR count). The molecule has 0 aliphatic heterocycles. The first-order chi connectivity index (χ1) is 6.06. The maximum Gasteiger partial charge on any atom is 0.253 e. The summed E-state index contributed by atoms with van der Waals surface area (Å²) in [6.45, 7) is 1.82. The largest absolute Gasteiger partial charge is 0.496 e. The van der Waals surface area contributed by atoms with Gasteiger partial charge in [-0.1, -0.05) is 11.6 Å². The van der Waals surface area contributed by atoms with Crippen molar-refractivity contribution >= 4 is 28.4 Å². The van der Waals surface area contributed by atoms with Crippen molar-refractivity contribution in [1.82, 2.24) is 0 Å². The molecule has 0 radical (unpaired) electrons. The zero-order chi connectivity index (χ0) is 10.0. The summed E-state index contributed by atoms with van der Waals surface area (Å²) in [5.41, 5.74) is 1.14. The van der Waals surface area contributed by atoms with Gasteiger partial charge in [-0.2, -0.15) is 0 Å². The fourth-order valence-electron chi connectivity index (χ4n) is 1.03. The molecule has 0 heterocycles. The normalized spacial score (nSPS) is 9.85. The number of carbonyl (C=O) groups is 1. The second-order valence-electron chi connectivity index (χ2n) is 2.58. The van der Waals surface area contributed by atoms with Gasteiger partial charge in [0.25, 0.3) is 5.24 Å². The van der Waals surface area contributed by atoms with Crippen LogP contribution < -0.4 is 4.74 Å². The highest BCUT2D eigenvalue weighted by molar-refractivity contribution is 6.68.